The van der Waals surface area contributed by atoms with E-state index in [0.29, 0.717) is 16.4 Å². The first kappa shape index (κ1) is 18.5. The summed E-state index contributed by atoms with van der Waals surface area (Å²) in [6, 6.07) is 7.80. The summed E-state index contributed by atoms with van der Waals surface area (Å²) in [5.74, 6) is -1.22. The highest BCUT2D eigenvalue weighted by Gasteiger charge is 2.12. The van der Waals surface area contributed by atoms with Gasteiger partial charge in [-0.15, -0.1) is 0 Å². The molecule has 3 rings (SSSR count). The predicted octanol–water partition coefficient (Wildman–Crippen LogP) is 1.52. The molecule has 9 heteroatoms. The van der Waals surface area contributed by atoms with E-state index in [9.17, 15) is 14.4 Å². The molecule has 27 heavy (non-hydrogen) atoms. The molecule has 0 aromatic carbocycles. The number of amides is 1. The van der Waals surface area contributed by atoms with Crippen molar-refractivity contribution < 1.29 is 14.3 Å². The van der Waals surface area contributed by atoms with Gasteiger partial charge in [-0.05, 0) is 30.7 Å². The Morgan fingerprint density at radius 2 is 2.11 bits per heavy atom. The lowest BCUT2D eigenvalue weighted by atomic mass is 10.3. The summed E-state index contributed by atoms with van der Waals surface area (Å²) < 4.78 is 6.49. The summed E-state index contributed by atoms with van der Waals surface area (Å²) in [5.41, 5.74) is 1.47. The molecule has 0 spiro atoms. The number of aromatic nitrogens is 3. The van der Waals surface area contributed by atoms with Gasteiger partial charge in [-0.25, -0.2) is 4.98 Å². The van der Waals surface area contributed by atoms with Gasteiger partial charge in [0, 0.05) is 23.5 Å². The van der Waals surface area contributed by atoms with Crippen molar-refractivity contribution >= 4 is 29.1 Å². The standard InChI is InChI=1S/C18H15ClN4O4/c1-11-3-2-6-23-15(24)8-13(22-17(11)23)10-27-16(25)9-21-18(26)14-7-12(19)4-5-20-14/h2-8H,9-10H2,1H3,(H,21,26). The number of fused-ring (bicyclic) bond motifs is 1. The number of halogens is 1. The monoisotopic (exact) mass is 386 g/mol. The van der Waals surface area contributed by atoms with Crippen LogP contribution in [0.1, 0.15) is 21.7 Å². The fourth-order valence-electron chi connectivity index (χ4n) is 2.36. The molecule has 0 aliphatic heterocycles. The third-order valence-corrected chi connectivity index (χ3v) is 3.90. The molecule has 3 aromatic rings. The molecule has 0 unspecified atom stereocenters. The van der Waals surface area contributed by atoms with Crippen molar-refractivity contribution in [2.24, 2.45) is 0 Å². The van der Waals surface area contributed by atoms with E-state index in [2.05, 4.69) is 15.3 Å². The number of rotatable bonds is 5. The second-order valence-electron chi connectivity index (χ2n) is 5.67. The van der Waals surface area contributed by atoms with Crippen molar-refractivity contribution in [3.63, 3.8) is 0 Å². The summed E-state index contributed by atoms with van der Waals surface area (Å²) >= 11 is 5.79. The highest BCUT2D eigenvalue weighted by Crippen LogP contribution is 2.08. The minimum Gasteiger partial charge on any atom is -0.458 e. The smallest absolute Gasteiger partial charge is 0.325 e. The van der Waals surface area contributed by atoms with Crippen molar-refractivity contribution in [2.45, 2.75) is 13.5 Å². The molecule has 0 radical (unpaired) electrons. The Balaban J connectivity index is 1.59. The van der Waals surface area contributed by atoms with Crippen molar-refractivity contribution in [2.75, 3.05) is 6.54 Å². The summed E-state index contributed by atoms with van der Waals surface area (Å²) in [6.45, 7) is 1.31. The molecule has 1 N–H and O–H groups in total. The first-order valence-corrected chi connectivity index (χ1v) is 8.35. The van der Waals surface area contributed by atoms with Gasteiger partial charge in [-0.2, -0.15) is 0 Å². The van der Waals surface area contributed by atoms with E-state index >= 15 is 0 Å². The number of nitrogens with one attached hydrogen (secondary N) is 1. The average Bonchev–Trinajstić information content (AvgIpc) is 2.65. The van der Waals surface area contributed by atoms with E-state index in [0.717, 1.165) is 5.56 Å². The Morgan fingerprint density at radius 1 is 1.30 bits per heavy atom. The van der Waals surface area contributed by atoms with Crippen LogP contribution in [0, 0.1) is 6.92 Å². The van der Waals surface area contributed by atoms with E-state index in [-0.39, 0.29) is 24.4 Å². The lowest BCUT2D eigenvalue weighted by molar-refractivity contribution is -0.143. The minimum atomic E-state index is -0.669. The van der Waals surface area contributed by atoms with E-state index in [4.69, 9.17) is 16.3 Å². The highest BCUT2D eigenvalue weighted by atomic mass is 35.5. The van der Waals surface area contributed by atoms with Gasteiger partial charge in [0.05, 0.1) is 5.69 Å². The van der Waals surface area contributed by atoms with Crippen LogP contribution in [0.15, 0.2) is 47.5 Å². The summed E-state index contributed by atoms with van der Waals surface area (Å²) in [5, 5.41) is 2.75. The molecule has 1 amide bonds. The van der Waals surface area contributed by atoms with Crippen LogP contribution >= 0.6 is 11.6 Å². The molecule has 0 bridgehead atoms. The Bertz CT molecular complexity index is 1080. The normalized spacial score (nSPS) is 10.6. The third-order valence-electron chi connectivity index (χ3n) is 3.67. The number of aryl methyl sites for hydroxylation is 1. The number of pyridine rings is 2. The van der Waals surface area contributed by atoms with E-state index in [1.54, 1.807) is 12.3 Å². The maximum absolute atomic E-state index is 12.1. The zero-order chi connectivity index (χ0) is 19.4. The van der Waals surface area contributed by atoms with Gasteiger partial charge in [0.25, 0.3) is 11.5 Å². The van der Waals surface area contributed by atoms with Crippen LogP contribution in [0.2, 0.25) is 5.02 Å². The number of carbonyl (C=O) groups excluding carboxylic acids is 2. The van der Waals surface area contributed by atoms with Gasteiger partial charge < -0.3 is 10.1 Å². The fraction of sp³-hybridized carbons (Fsp3) is 0.167. The zero-order valence-corrected chi connectivity index (χ0v) is 15.1. The van der Waals surface area contributed by atoms with Gasteiger partial charge >= 0.3 is 5.97 Å². The van der Waals surface area contributed by atoms with Crippen LogP contribution in [0.5, 0.6) is 0 Å². The van der Waals surface area contributed by atoms with Gasteiger partial charge in [0.1, 0.15) is 24.5 Å². The average molecular weight is 387 g/mol. The van der Waals surface area contributed by atoms with Crippen LogP contribution in [0.4, 0.5) is 0 Å². The van der Waals surface area contributed by atoms with E-state index in [1.807, 2.05) is 13.0 Å². The molecule has 0 atom stereocenters. The molecule has 3 aromatic heterocycles. The second-order valence-corrected chi connectivity index (χ2v) is 6.11. The molecule has 0 aliphatic rings. The predicted molar refractivity (Wildman–Crippen MR) is 97.6 cm³/mol. The number of carbonyl (C=O) groups is 2. The van der Waals surface area contributed by atoms with Crippen molar-refractivity contribution in [3.8, 4) is 0 Å². The summed E-state index contributed by atoms with van der Waals surface area (Å²) in [6.07, 6.45) is 3.01. The van der Waals surface area contributed by atoms with Crippen LogP contribution in [0.25, 0.3) is 5.65 Å². The first-order valence-electron chi connectivity index (χ1n) is 7.97. The molecule has 0 saturated carbocycles. The molecule has 8 nitrogen and oxygen atoms in total. The van der Waals surface area contributed by atoms with Crippen molar-refractivity contribution in [3.05, 3.63) is 75.1 Å². The van der Waals surface area contributed by atoms with Crippen LogP contribution in [-0.4, -0.2) is 32.8 Å². The second kappa shape index (κ2) is 7.96. The molecule has 3 heterocycles. The van der Waals surface area contributed by atoms with Crippen LogP contribution < -0.4 is 10.9 Å². The fourth-order valence-corrected chi connectivity index (χ4v) is 2.52. The molecule has 0 saturated heterocycles. The molecule has 0 aliphatic carbocycles. The topological polar surface area (TPSA) is 103 Å². The molecule has 138 valence electrons. The summed E-state index contributed by atoms with van der Waals surface area (Å²) in [7, 11) is 0. The summed E-state index contributed by atoms with van der Waals surface area (Å²) in [4.78, 5) is 44.0. The number of hydrogen-bond acceptors (Lipinski definition) is 6. The number of hydrogen-bond donors (Lipinski definition) is 1. The van der Waals surface area contributed by atoms with Gasteiger partial charge in [-0.1, -0.05) is 17.7 Å². The molecule has 0 fully saturated rings. The minimum absolute atomic E-state index is 0.0926. The van der Waals surface area contributed by atoms with Crippen LogP contribution in [0.3, 0.4) is 0 Å². The Kier molecular flexibility index (Phi) is 5.46. The highest BCUT2D eigenvalue weighted by molar-refractivity contribution is 6.30. The van der Waals surface area contributed by atoms with Gasteiger partial charge in [0.15, 0.2) is 0 Å². The maximum Gasteiger partial charge on any atom is 0.325 e. The van der Waals surface area contributed by atoms with Gasteiger partial charge in [0.2, 0.25) is 0 Å². The zero-order valence-electron chi connectivity index (χ0n) is 14.3. The largest absolute Gasteiger partial charge is 0.458 e. The molecular formula is C18H15ClN4O4. The van der Waals surface area contributed by atoms with Gasteiger partial charge in [-0.3, -0.25) is 23.8 Å². The maximum atomic E-state index is 12.1. The van der Waals surface area contributed by atoms with Crippen molar-refractivity contribution in [1.29, 1.82) is 0 Å². The van der Waals surface area contributed by atoms with Crippen molar-refractivity contribution in [1.82, 2.24) is 19.7 Å². The quantitative estimate of drug-likeness (QED) is 0.667. The number of ether oxygens (including phenoxy) is 1. The first-order chi connectivity index (χ1) is 12.9. The SMILES string of the molecule is Cc1cccn2c(=O)cc(COC(=O)CNC(=O)c3cc(Cl)ccn3)nc12. The Morgan fingerprint density at radius 3 is 2.89 bits per heavy atom. The Hall–Kier alpha value is -3.26. The lowest BCUT2D eigenvalue weighted by Crippen LogP contribution is -2.31. The van der Waals surface area contributed by atoms with Crippen LogP contribution in [-0.2, 0) is 16.1 Å². The van der Waals surface area contributed by atoms with E-state index < -0.39 is 11.9 Å². The third kappa shape index (κ3) is 4.48. The molecular weight excluding hydrogens is 372 g/mol. The number of nitrogens with zero attached hydrogens (tertiary/aromatic N) is 3. The lowest BCUT2D eigenvalue weighted by Gasteiger charge is -2.08. The Labute approximate surface area is 158 Å². The van der Waals surface area contributed by atoms with E-state index in [1.165, 1.54) is 28.8 Å². The number of esters is 1.